The van der Waals surface area contributed by atoms with Crippen molar-refractivity contribution in [2.75, 3.05) is 5.32 Å². The van der Waals surface area contributed by atoms with Crippen LogP contribution in [0.4, 0.5) is 10.1 Å². The number of para-hydroxylation sites is 1. The lowest BCUT2D eigenvalue weighted by molar-refractivity contribution is -0.116. The van der Waals surface area contributed by atoms with E-state index in [9.17, 15) is 9.18 Å². The molecule has 0 aliphatic carbocycles. The molecule has 3 aromatic rings. The van der Waals surface area contributed by atoms with Crippen molar-refractivity contribution in [1.82, 2.24) is 4.98 Å². The van der Waals surface area contributed by atoms with Crippen LogP contribution in [0.5, 0.6) is 11.5 Å². The molecular weight excluding hydrogens is 319 g/mol. The van der Waals surface area contributed by atoms with Gasteiger partial charge >= 0.3 is 0 Å². The number of nitrogens with zero attached hydrogens (tertiary/aromatic N) is 1. The van der Waals surface area contributed by atoms with E-state index in [2.05, 4.69) is 10.3 Å². The fourth-order valence-corrected chi connectivity index (χ4v) is 3.08. The highest BCUT2D eigenvalue weighted by molar-refractivity contribution is 5.95. The fraction of sp³-hybridized carbons (Fsp3) is 0.100. The third kappa shape index (κ3) is 3.08. The van der Waals surface area contributed by atoms with Gasteiger partial charge in [0.2, 0.25) is 5.91 Å². The van der Waals surface area contributed by atoms with E-state index >= 15 is 0 Å². The maximum absolute atomic E-state index is 14.1. The molecule has 0 saturated carbocycles. The van der Waals surface area contributed by atoms with Crippen LogP contribution < -0.4 is 10.1 Å². The van der Waals surface area contributed by atoms with Gasteiger partial charge in [0, 0.05) is 30.3 Å². The molecule has 1 aromatic heterocycles. The quantitative estimate of drug-likeness (QED) is 0.768. The zero-order valence-electron chi connectivity index (χ0n) is 13.3. The van der Waals surface area contributed by atoms with Gasteiger partial charge in [-0.25, -0.2) is 4.39 Å². The summed E-state index contributed by atoms with van der Waals surface area (Å²) in [7, 11) is 0. The Morgan fingerprint density at radius 1 is 1.04 bits per heavy atom. The maximum Gasteiger partial charge on any atom is 0.225 e. The van der Waals surface area contributed by atoms with E-state index in [0.29, 0.717) is 22.7 Å². The molecule has 1 N–H and O–H groups in total. The summed E-state index contributed by atoms with van der Waals surface area (Å²) in [4.78, 5) is 15.9. The van der Waals surface area contributed by atoms with Gasteiger partial charge in [-0.3, -0.25) is 9.78 Å². The second kappa shape index (κ2) is 6.36. The monoisotopic (exact) mass is 334 g/mol. The van der Waals surface area contributed by atoms with Crippen molar-refractivity contribution in [2.24, 2.45) is 0 Å². The Hall–Kier alpha value is -3.21. The lowest BCUT2D eigenvalue weighted by Crippen LogP contribution is -2.24. The van der Waals surface area contributed by atoms with Crippen LogP contribution in [-0.2, 0) is 4.79 Å². The number of carbonyl (C=O) groups is 1. The SMILES string of the molecule is O=C1C[C@@H](c2ccncc2F)c2ccc(Oc3ccccc3)cc2N1. The van der Waals surface area contributed by atoms with E-state index in [4.69, 9.17) is 4.74 Å². The first kappa shape index (κ1) is 15.3. The van der Waals surface area contributed by atoms with Crippen LogP contribution in [0.15, 0.2) is 67.0 Å². The predicted molar refractivity (Wildman–Crippen MR) is 92.2 cm³/mol. The number of nitrogens with one attached hydrogen (secondary N) is 1. The molecule has 0 radical (unpaired) electrons. The van der Waals surface area contributed by atoms with Gasteiger partial charge in [0.1, 0.15) is 17.3 Å². The Morgan fingerprint density at radius 3 is 2.68 bits per heavy atom. The number of fused-ring (bicyclic) bond motifs is 1. The van der Waals surface area contributed by atoms with Crippen LogP contribution in [0.3, 0.4) is 0 Å². The van der Waals surface area contributed by atoms with Gasteiger partial charge in [-0.15, -0.1) is 0 Å². The van der Waals surface area contributed by atoms with E-state index in [1.807, 2.05) is 42.5 Å². The summed E-state index contributed by atoms with van der Waals surface area (Å²) in [5.74, 6) is 0.434. The highest BCUT2D eigenvalue weighted by atomic mass is 19.1. The Labute approximate surface area is 144 Å². The molecule has 25 heavy (non-hydrogen) atoms. The Bertz CT molecular complexity index is 928. The molecule has 0 fully saturated rings. The van der Waals surface area contributed by atoms with Crippen molar-refractivity contribution < 1.29 is 13.9 Å². The van der Waals surface area contributed by atoms with E-state index in [1.54, 1.807) is 12.1 Å². The van der Waals surface area contributed by atoms with Crippen molar-refractivity contribution in [3.8, 4) is 11.5 Å². The van der Waals surface area contributed by atoms with Crippen LogP contribution in [-0.4, -0.2) is 10.9 Å². The van der Waals surface area contributed by atoms with Gasteiger partial charge in [0.05, 0.1) is 6.20 Å². The van der Waals surface area contributed by atoms with Crippen molar-refractivity contribution in [1.29, 1.82) is 0 Å². The number of rotatable bonds is 3. The Balaban J connectivity index is 1.70. The first-order chi connectivity index (χ1) is 12.2. The Morgan fingerprint density at radius 2 is 1.88 bits per heavy atom. The standard InChI is InChI=1S/C20H15FN2O2/c21-18-12-22-9-8-15(18)17-11-20(24)23-19-10-14(6-7-16(17)19)25-13-4-2-1-3-5-13/h1-10,12,17H,11H2,(H,23,24)/t17-/m0/s1. The number of anilines is 1. The highest BCUT2D eigenvalue weighted by Gasteiger charge is 2.28. The molecule has 0 spiro atoms. The van der Waals surface area contributed by atoms with E-state index in [0.717, 1.165) is 5.56 Å². The van der Waals surface area contributed by atoms with Gasteiger partial charge in [0.15, 0.2) is 0 Å². The molecule has 5 heteroatoms. The van der Waals surface area contributed by atoms with Gasteiger partial charge < -0.3 is 10.1 Å². The summed E-state index contributed by atoms with van der Waals surface area (Å²) in [5, 5.41) is 2.85. The summed E-state index contributed by atoms with van der Waals surface area (Å²) in [6.07, 6.45) is 2.92. The molecule has 2 heterocycles. The summed E-state index contributed by atoms with van der Waals surface area (Å²) in [5.41, 5.74) is 1.99. The van der Waals surface area contributed by atoms with E-state index < -0.39 is 5.82 Å². The molecule has 2 aromatic carbocycles. The van der Waals surface area contributed by atoms with Crippen LogP contribution in [0.25, 0.3) is 0 Å². The number of amides is 1. The average molecular weight is 334 g/mol. The van der Waals surface area contributed by atoms with Crippen LogP contribution >= 0.6 is 0 Å². The summed E-state index contributed by atoms with van der Waals surface area (Å²) >= 11 is 0. The summed E-state index contributed by atoms with van der Waals surface area (Å²) < 4.78 is 20.0. The fourth-order valence-electron chi connectivity index (χ4n) is 3.08. The normalized spacial score (nSPS) is 16.0. The first-order valence-corrected chi connectivity index (χ1v) is 7.97. The maximum atomic E-state index is 14.1. The molecule has 1 atom stereocenters. The van der Waals surface area contributed by atoms with Gasteiger partial charge in [0.25, 0.3) is 0 Å². The average Bonchev–Trinajstić information content (AvgIpc) is 2.62. The van der Waals surface area contributed by atoms with Gasteiger partial charge in [-0.1, -0.05) is 24.3 Å². The number of benzene rings is 2. The molecule has 0 saturated heterocycles. The molecule has 124 valence electrons. The number of aromatic nitrogens is 1. The zero-order valence-corrected chi connectivity index (χ0v) is 13.3. The number of hydrogen-bond acceptors (Lipinski definition) is 3. The second-order valence-electron chi connectivity index (χ2n) is 5.87. The number of ether oxygens (including phenoxy) is 1. The molecule has 1 amide bonds. The molecule has 0 unspecified atom stereocenters. The van der Waals surface area contributed by atoms with Crippen LogP contribution in [0.2, 0.25) is 0 Å². The number of halogens is 1. The zero-order chi connectivity index (χ0) is 17.2. The largest absolute Gasteiger partial charge is 0.457 e. The highest BCUT2D eigenvalue weighted by Crippen LogP contribution is 2.40. The first-order valence-electron chi connectivity index (χ1n) is 7.97. The molecule has 1 aliphatic heterocycles. The number of pyridine rings is 1. The lowest BCUT2D eigenvalue weighted by atomic mass is 9.85. The third-order valence-corrected chi connectivity index (χ3v) is 4.22. The minimum Gasteiger partial charge on any atom is -0.457 e. The van der Waals surface area contributed by atoms with Crippen LogP contribution in [0.1, 0.15) is 23.5 Å². The van der Waals surface area contributed by atoms with Gasteiger partial charge in [-0.05, 0) is 35.4 Å². The van der Waals surface area contributed by atoms with Crippen molar-refractivity contribution in [3.05, 3.63) is 83.9 Å². The predicted octanol–water partition coefficient (Wildman–Crippen LogP) is 4.49. The number of carbonyl (C=O) groups excluding carboxylic acids is 1. The van der Waals surface area contributed by atoms with Gasteiger partial charge in [-0.2, -0.15) is 0 Å². The van der Waals surface area contributed by atoms with E-state index in [-0.39, 0.29) is 18.2 Å². The van der Waals surface area contributed by atoms with E-state index in [1.165, 1.54) is 12.4 Å². The molecule has 4 nitrogen and oxygen atoms in total. The summed E-state index contributed by atoms with van der Waals surface area (Å²) in [6.45, 7) is 0. The molecule has 1 aliphatic rings. The number of hydrogen-bond donors (Lipinski definition) is 1. The van der Waals surface area contributed by atoms with Crippen molar-refractivity contribution >= 4 is 11.6 Å². The minimum absolute atomic E-state index is 0.148. The molecular formula is C20H15FN2O2. The Kier molecular flexibility index (Phi) is 3.90. The smallest absolute Gasteiger partial charge is 0.225 e. The van der Waals surface area contributed by atoms with Crippen molar-refractivity contribution in [2.45, 2.75) is 12.3 Å². The lowest BCUT2D eigenvalue weighted by Gasteiger charge is -2.26. The minimum atomic E-state index is -0.405. The molecule has 0 bridgehead atoms. The molecule has 4 rings (SSSR count). The topological polar surface area (TPSA) is 51.2 Å². The third-order valence-electron chi connectivity index (χ3n) is 4.22. The second-order valence-corrected chi connectivity index (χ2v) is 5.87. The van der Waals surface area contributed by atoms with Crippen molar-refractivity contribution in [3.63, 3.8) is 0 Å². The summed E-state index contributed by atoms with van der Waals surface area (Å²) in [6, 6.07) is 16.5. The van der Waals surface area contributed by atoms with Crippen LogP contribution in [0, 0.1) is 5.82 Å².